The first kappa shape index (κ1) is 19.2. The largest absolute Gasteiger partial charge is 0.378 e. The Labute approximate surface area is 185 Å². The van der Waals surface area contributed by atoms with Gasteiger partial charge in [-0.05, 0) is 50.8 Å². The molecule has 2 atom stereocenters. The number of aryl methyl sites for hydroxylation is 1. The van der Waals surface area contributed by atoms with Crippen molar-refractivity contribution in [1.82, 2.24) is 29.3 Å². The van der Waals surface area contributed by atoms with Crippen LogP contribution < -0.4 is 0 Å². The maximum atomic E-state index is 6.37. The standard InChI is InChI=1S/C23H25ClN6O/c1-13-9-16(7-8-31-13)30-21(11-20-27-23(14-3-4-14)29(2)28-20)26-19-12-25-18-6-5-15(24)10-17(18)22(19)30/h5-6,10,12-14,16H,3-4,7-9,11H2,1-2H3/t13-,16-/m1/s1. The number of hydrogen-bond donors (Lipinski definition) is 0. The Kier molecular flexibility index (Phi) is 4.51. The lowest BCUT2D eigenvalue weighted by Gasteiger charge is -2.30. The molecule has 6 rings (SSSR count). The third kappa shape index (κ3) is 3.40. The van der Waals surface area contributed by atoms with E-state index in [1.807, 2.05) is 36.1 Å². The zero-order chi connectivity index (χ0) is 21.1. The van der Waals surface area contributed by atoms with Crippen LogP contribution in [0.25, 0.3) is 21.9 Å². The molecule has 7 nitrogen and oxygen atoms in total. The molecule has 1 aromatic carbocycles. The normalized spacial score (nSPS) is 21.9. The van der Waals surface area contributed by atoms with Gasteiger partial charge in [0.05, 0.1) is 29.8 Å². The van der Waals surface area contributed by atoms with E-state index in [-0.39, 0.29) is 6.10 Å². The molecule has 4 aromatic rings. The van der Waals surface area contributed by atoms with Gasteiger partial charge in [-0.1, -0.05) is 11.6 Å². The Bertz CT molecular complexity index is 1290. The average molecular weight is 437 g/mol. The second-order valence-electron chi connectivity index (χ2n) is 8.87. The minimum Gasteiger partial charge on any atom is -0.378 e. The van der Waals surface area contributed by atoms with Gasteiger partial charge in [0.25, 0.3) is 0 Å². The number of ether oxygens (including phenoxy) is 1. The maximum Gasteiger partial charge on any atom is 0.158 e. The Morgan fingerprint density at radius 2 is 2.03 bits per heavy atom. The van der Waals surface area contributed by atoms with Gasteiger partial charge in [0.1, 0.15) is 17.2 Å². The smallest absolute Gasteiger partial charge is 0.158 e. The topological polar surface area (TPSA) is 70.7 Å². The molecule has 160 valence electrons. The Morgan fingerprint density at radius 1 is 1.16 bits per heavy atom. The first-order chi connectivity index (χ1) is 15.1. The van der Waals surface area contributed by atoms with Gasteiger partial charge in [-0.2, -0.15) is 5.10 Å². The molecule has 0 amide bonds. The number of benzene rings is 1. The molecular weight excluding hydrogens is 412 g/mol. The van der Waals surface area contributed by atoms with Gasteiger partial charge in [0.15, 0.2) is 5.82 Å². The van der Waals surface area contributed by atoms with E-state index in [2.05, 4.69) is 16.5 Å². The van der Waals surface area contributed by atoms with Crippen molar-refractivity contribution in [2.75, 3.05) is 6.61 Å². The monoisotopic (exact) mass is 436 g/mol. The molecule has 1 saturated heterocycles. The van der Waals surface area contributed by atoms with E-state index in [1.165, 1.54) is 12.8 Å². The molecule has 1 aliphatic heterocycles. The lowest BCUT2D eigenvalue weighted by atomic mass is 10.0. The molecule has 4 heterocycles. The van der Waals surface area contributed by atoms with Crippen molar-refractivity contribution in [2.24, 2.45) is 7.05 Å². The fourth-order valence-corrected chi connectivity index (χ4v) is 5.06. The van der Waals surface area contributed by atoms with Gasteiger partial charge in [-0.3, -0.25) is 9.67 Å². The molecule has 1 aliphatic carbocycles. The summed E-state index contributed by atoms with van der Waals surface area (Å²) in [6.07, 6.45) is 7.02. The number of halogens is 1. The summed E-state index contributed by atoms with van der Waals surface area (Å²) in [6, 6.07) is 6.17. The molecule has 0 radical (unpaired) electrons. The highest BCUT2D eigenvalue weighted by Crippen LogP contribution is 2.39. The van der Waals surface area contributed by atoms with Crippen molar-refractivity contribution in [1.29, 1.82) is 0 Å². The number of imidazole rings is 1. The molecule has 3 aromatic heterocycles. The number of nitrogens with zero attached hydrogens (tertiary/aromatic N) is 6. The summed E-state index contributed by atoms with van der Waals surface area (Å²) in [5.74, 6) is 3.47. The van der Waals surface area contributed by atoms with E-state index < -0.39 is 0 Å². The molecule has 2 fully saturated rings. The molecule has 0 N–H and O–H groups in total. The van der Waals surface area contributed by atoms with Crippen LogP contribution in [-0.2, 0) is 18.2 Å². The zero-order valence-corrected chi connectivity index (χ0v) is 18.5. The summed E-state index contributed by atoms with van der Waals surface area (Å²) in [5.41, 5.74) is 2.92. The molecular formula is C23H25ClN6O. The number of rotatable bonds is 4. The number of pyridine rings is 1. The second-order valence-corrected chi connectivity index (χ2v) is 9.31. The van der Waals surface area contributed by atoms with E-state index in [9.17, 15) is 0 Å². The minimum absolute atomic E-state index is 0.218. The van der Waals surface area contributed by atoms with Crippen LogP contribution in [0.15, 0.2) is 24.4 Å². The lowest BCUT2D eigenvalue weighted by molar-refractivity contribution is 0.00630. The predicted molar refractivity (Wildman–Crippen MR) is 120 cm³/mol. The summed E-state index contributed by atoms with van der Waals surface area (Å²) in [5, 5.41) is 6.45. The minimum atomic E-state index is 0.218. The Morgan fingerprint density at radius 3 is 2.84 bits per heavy atom. The predicted octanol–water partition coefficient (Wildman–Crippen LogP) is 4.57. The summed E-state index contributed by atoms with van der Waals surface area (Å²) < 4.78 is 10.2. The molecule has 0 unspecified atom stereocenters. The summed E-state index contributed by atoms with van der Waals surface area (Å²) in [6.45, 7) is 2.89. The quantitative estimate of drug-likeness (QED) is 0.468. The van der Waals surface area contributed by atoms with Gasteiger partial charge in [-0.15, -0.1) is 0 Å². The van der Waals surface area contributed by atoms with Crippen LogP contribution in [0.3, 0.4) is 0 Å². The van der Waals surface area contributed by atoms with Crippen molar-refractivity contribution in [3.05, 3.63) is 46.9 Å². The Balaban J connectivity index is 1.52. The lowest BCUT2D eigenvalue weighted by Crippen LogP contribution is -2.26. The highest BCUT2D eigenvalue weighted by molar-refractivity contribution is 6.31. The summed E-state index contributed by atoms with van der Waals surface area (Å²) >= 11 is 6.37. The molecule has 31 heavy (non-hydrogen) atoms. The summed E-state index contributed by atoms with van der Waals surface area (Å²) in [4.78, 5) is 14.5. The van der Waals surface area contributed by atoms with Crippen LogP contribution in [0.1, 0.15) is 62.0 Å². The van der Waals surface area contributed by atoms with Crippen molar-refractivity contribution in [3.8, 4) is 0 Å². The highest BCUT2D eigenvalue weighted by atomic mass is 35.5. The van der Waals surface area contributed by atoms with E-state index in [0.717, 1.165) is 58.9 Å². The molecule has 2 aliphatic rings. The zero-order valence-electron chi connectivity index (χ0n) is 17.8. The van der Waals surface area contributed by atoms with E-state index in [1.54, 1.807) is 0 Å². The van der Waals surface area contributed by atoms with Crippen LogP contribution in [0.4, 0.5) is 0 Å². The number of fused-ring (bicyclic) bond motifs is 3. The number of hydrogen-bond acceptors (Lipinski definition) is 5. The SMILES string of the molecule is C[C@@H]1C[C@H](n2c(Cc3nc(C4CC4)n(C)n3)nc3cnc4ccc(Cl)cc4c32)CCO1. The molecule has 0 spiro atoms. The fourth-order valence-electron chi connectivity index (χ4n) is 4.89. The van der Waals surface area contributed by atoms with Crippen LogP contribution in [0, 0.1) is 0 Å². The molecule has 0 bridgehead atoms. The van der Waals surface area contributed by atoms with Crippen LogP contribution in [-0.4, -0.2) is 42.0 Å². The first-order valence-corrected chi connectivity index (χ1v) is 11.4. The van der Waals surface area contributed by atoms with Crippen LogP contribution in [0.2, 0.25) is 5.02 Å². The highest BCUT2D eigenvalue weighted by Gasteiger charge is 2.30. The third-order valence-electron chi connectivity index (χ3n) is 6.47. The molecule has 1 saturated carbocycles. The van der Waals surface area contributed by atoms with Gasteiger partial charge in [0, 0.05) is 36.0 Å². The third-order valence-corrected chi connectivity index (χ3v) is 6.71. The number of aromatic nitrogens is 6. The van der Waals surface area contributed by atoms with E-state index >= 15 is 0 Å². The molecule has 8 heteroatoms. The van der Waals surface area contributed by atoms with E-state index in [4.69, 9.17) is 31.4 Å². The van der Waals surface area contributed by atoms with E-state index in [0.29, 0.717) is 23.4 Å². The van der Waals surface area contributed by atoms with Gasteiger partial charge in [-0.25, -0.2) is 9.97 Å². The summed E-state index contributed by atoms with van der Waals surface area (Å²) in [7, 11) is 1.99. The van der Waals surface area contributed by atoms with Gasteiger partial charge < -0.3 is 9.30 Å². The Hall–Kier alpha value is -2.51. The van der Waals surface area contributed by atoms with Crippen LogP contribution >= 0.6 is 11.6 Å². The average Bonchev–Trinajstić information content (AvgIpc) is 3.42. The maximum absolute atomic E-state index is 6.37. The van der Waals surface area contributed by atoms with Crippen molar-refractivity contribution >= 4 is 33.5 Å². The fraction of sp³-hybridized carbons (Fsp3) is 0.478. The van der Waals surface area contributed by atoms with Crippen molar-refractivity contribution < 1.29 is 4.74 Å². The first-order valence-electron chi connectivity index (χ1n) is 11.0. The van der Waals surface area contributed by atoms with Crippen molar-refractivity contribution in [3.63, 3.8) is 0 Å². The van der Waals surface area contributed by atoms with Crippen LogP contribution in [0.5, 0.6) is 0 Å². The van der Waals surface area contributed by atoms with Gasteiger partial charge >= 0.3 is 0 Å². The van der Waals surface area contributed by atoms with Crippen molar-refractivity contribution in [2.45, 2.75) is 57.1 Å². The second kappa shape index (κ2) is 7.28. The van der Waals surface area contributed by atoms with Gasteiger partial charge in [0.2, 0.25) is 0 Å².